The highest BCUT2D eigenvalue weighted by atomic mass is 19.4. The number of carbonyl (C=O) groups is 1. The summed E-state index contributed by atoms with van der Waals surface area (Å²) in [6.45, 7) is 0. The van der Waals surface area contributed by atoms with Crippen molar-refractivity contribution < 1.29 is 36.6 Å². The molecule has 0 radical (unpaired) electrons. The van der Waals surface area contributed by atoms with Crippen LogP contribution in [-0.4, -0.2) is 17.4 Å². The number of hydrogen-bond acceptors (Lipinski definition) is 2. The maximum Gasteiger partial charge on any atom is 0.573 e. The van der Waals surface area contributed by atoms with Crippen LogP contribution in [0.5, 0.6) is 5.75 Å². The average molecular weight is 284 g/mol. The van der Waals surface area contributed by atoms with Crippen LogP contribution in [0.25, 0.3) is 0 Å². The minimum absolute atomic E-state index is 0.181. The number of ether oxygens (including phenoxy) is 1. The van der Waals surface area contributed by atoms with E-state index in [1.807, 2.05) is 0 Å². The predicted octanol–water partition coefficient (Wildman–Crippen LogP) is 3.54. The summed E-state index contributed by atoms with van der Waals surface area (Å²) < 4.78 is 64.8. The summed E-state index contributed by atoms with van der Waals surface area (Å²) in [5, 5.41) is 8.46. The molecule has 8 heteroatoms. The van der Waals surface area contributed by atoms with Gasteiger partial charge in [-0.15, -0.1) is 13.2 Å². The molecule has 0 saturated carbocycles. The maximum absolute atomic E-state index is 12.6. The van der Waals surface area contributed by atoms with E-state index in [-0.39, 0.29) is 12.0 Å². The quantitative estimate of drug-likeness (QED) is 0.841. The Balaban J connectivity index is 3.00. The molecule has 1 aromatic rings. The van der Waals surface area contributed by atoms with Gasteiger partial charge in [0.2, 0.25) is 0 Å². The van der Waals surface area contributed by atoms with Crippen LogP contribution >= 0.6 is 0 Å². The zero-order valence-corrected chi connectivity index (χ0v) is 9.38. The standard InChI is InChI=1S/C11H9F5O3/c12-10(13)8-3-2-7(19-11(14,15)16)5-6(8)1-4-9(17)18/h2-3,5,10H,1,4H2,(H,17,18). The van der Waals surface area contributed by atoms with Crippen molar-refractivity contribution in [2.45, 2.75) is 25.6 Å². The molecule has 0 aliphatic carbocycles. The van der Waals surface area contributed by atoms with Gasteiger partial charge in [-0.25, -0.2) is 8.78 Å². The van der Waals surface area contributed by atoms with E-state index >= 15 is 0 Å². The molecule has 0 aromatic heterocycles. The van der Waals surface area contributed by atoms with E-state index in [1.54, 1.807) is 0 Å². The summed E-state index contributed by atoms with van der Waals surface area (Å²) in [6.07, 6.45) is -8.60. The Morgan fingerprint density at radius 3 is 2.42 bits per heavy atom. The summed E-state index contributed by atoms with van der Waals surface area (Å²) >= 11 is 0. The number of alkyl halides is 5. The topological polar surface area (TPSA) is 46.5 Å². The van der Waals surface area contributed by atoms with Crippen molar-refractivity contribution in [3.8, 4) is 5.75 Å². The summed E-state index contributed by atoms with van der Waals surface area (Å²) in [7, 11) is 0. The molecule has 0 fully saturated rings. The van der Waals surface area contributed by atoms with E-state index in [2.05, 4.69) is 4.74 Å². The first-order chi connectivity index (χ1) is 8.69. The van der Waals surface area contributed by atoms with E-state index in [1.165, 1.54) is 0 Å². The largest absolute Gasteiger partial charge is 0.573 e. The van der Waals surface area contributed by atoms with Crippen LogP contribution in [0, 0.1) is 0 Å². The SMILES string of the molecule is O=C(O)CCc1cc(OC(F)(F)F)ccc1C(F)F. The molecule has 0 aliphatic heterocycles. The molecular formula is C11H9F5O3. The van der Waals surface area contributed by atoms with Crippen molar-refractivity contribution in [2.24, 2.45) is 0 Å². The average Bonchev–Trinajstić information content (AvgIpc) is 2.23. The number of aliphatic carboxylic acids is 1. The molecule has 0 atom stereocenters. The Morgan fingerprint density at radius 1 is 1.32 bits per heavy atom. The minimum Gasteiger partial charge on any atom is -0.481 e. The third kappa shape index (κ3) is 5.11. The number of carboxylic acids is 1. The number of benzene rings is 1. The highest BCUT2D eigenvalue weighted by Gasteiger charge is 2.31. The van der Waals surface area contributed by atoms with Gasteiger partial charge in [0.15, 0.2) is 0 Å². The first-order valence-electron chi connectivity index (χ1n) is 5.07. The summed E-state index contributed by atoms with van der Waals surface area (Å²) in [4.78, 5) is 10.4. The zero-order chi connectivity index (χ0) is 14.6. The monoisotopic (exact) mass is 284 g/mol. The van der Waals surface area contributed by atoms with Gasteiger partial charge < -0.3 is 9.84 Å². The third-order valence-corrected chi connectivity index (χ3v) is 2.19. The Morgan fingerprint density at radius 2 is 1.95 bits per heavy atom. The molecule has 19 heavy (non-hydrogen) atoms. The lowest BCUT2D eigenvalue weighted by atomic mass is 10.0. The lowest BCUT2D eigenvalue weighted by Gasteiger charge is -2.13. The molecule has 0 aliphatic rings. The fraction of sp³-hybridized carbons (Fsp3) is 0.364. The molecule has 1 rings (SSSR count). The van der Waals surface area contributed by atoms with Crippen molar-refractivity contribution in [2.75, 3.05) is 0 Å². The van der Waals surface area contributed by atoms with Crippen LogP contribution in [0.1, 0.15) is 24.0 Å². The van der Waals surface area contributed by atoms with Gasteiger partial charge in [0, 0.05) is 12.0 Å². The lowest BCUT2D eigenvalue weighted by molar-refractivity contribution is -0.274. The molecule has 106 valence electrons. The van der Waals surface area contributed by atoms with Crippen molar-refractivity contribution in [3.05, 3.63) is 29.3 Å². The van der Waals surface area contributed by atoms with E-state index < -0.39 is 36.5 Å². The van der Waals surface area contributed by atoms with Gasteiger partial charge in [0.1, 0.15) is 5.75 Å². The number of hydrogen-bond donors (Lipinski definition) is 1. The summed E-state index contributed by atoms with van der Waals surface area (Å²) in [5.41, 5.74) is -0.685. The second-order valence-corrected chi connectivity index (χ2v) is 3.60. The third-order valence-electron chi connectivity index (χ3n) is 2.19. The second-order valence-electron chi connectivity index (χ2n) is 3.60. The number of carboxylic acid groups (broad SMARTS) is 1. The molecule has 0 saturated heterocycles. The molecule has 0 amide bonds. The first-order valence-corrected chi connectivity index (χ1v) is 5.07. The van der Waals surface area contributed by atoms with Crippen molar-refractivity contribution in [3.63, 3.8) is 0 Å². The Kier molecular flexibility index (Phi) is 4.68. The normalized spacial score (nSPS) is 11.7. The predicted molar refractivity (Wildman–Crippen MR) is 54.0 cm³/mol. The fourth-order valence-corrected chi connectivity index (χ4v) is 1.45. The summed E-state index contributed by atoms with van der Waals surface area (Å²) in [5.74, 6) is -1.89. The van der Waals surface area contributed by atoms with Crippen LogP contribution < -0.4 is 4.74 Å². The number of halogens is 5. The van der Waals surface area contributed by atoms with E-state index in [0.29, 0.717) is 0 Å². The number of aryl methyl sites for hydroxylation is 1. The van der Waals surface area contributed by atoms with Crippen LogP contribution in [0.15, 0.2) is 18.2 Å². The molecule has 0 spiro atoms. The van der Waals surface area contributed by atoms with Crippen molar-refractivity contribution in [1.29, 1.82) is 0 Å². The summed E-state index contributed by atoms with van der Waals surface area (Å²) in [6, 6.07) is 2.33. The zero-order valence-electron chi connectivity index (χ0n) is 9.38. The van der Waals surface area contributed by atoms with E-state index in [9.17, 15) is 26.7 Å². The van der Waals surface area contributed by atoms with Crippen molar-refractivity contribution >= 4 is 5.97 Å². The van der Waals surface area contributed by atoms with E-state index in [4.69, 9.17) is 5.11 Å². The first kappa shape index (κ1) is 15.2. The van der Waals surface area contributed by atoms with Crippen molar-refractivity contribution in [1.82, 2.24) is 0 Å². The lowest BCUT2D eigenvalue weighted by Crippen LogP contribution is -2.17. The maximum atomic E-state index is 12.6. The molecule has 1 N–H and O–H groups in total. The Labute approximate surface area is 104 Å². The van der Waals surface area contributed by atoms with Crippen LogP contribution in [0.2, 0.25) is 0 Å². The van der Waals surface area contributed by atoms with Crippen LogP contribution in [0.3, 0.4) is 0 Å². The van der Waals surface area contributed by atoms with Gasteiger partial charge in [0.25, 0.3) is 6.43 Å². The highest BCUT2D eigenvalue weighted by Crippen LogP contribution is 2.30. The molecule has 0 bridgehead atoms. The molecular weight excluding hydrogens is 275 g/mol. The van der Waals surface area contributed by atoms with Gasteiger partial charge in [0.05, 0.1) is 0 Å². The van der Waals surface area contributed by atoms with Gasteiger partial charge in [-0.1, -0.05) is 0 Å². The van der Waals surface area contributed by atoms with Gasteiger partial charge >= 0.3 is 12.3 Å². The fourth-order valence-electron chi connectivity index (χ4n) is 1.45. The van der Waals surface area contributed by atoms with Crippen LogP contribution in [-0.2, 0) is 11.2 Å². The molecule has 0 unspecified atom stereocenters. The molecule has 3 nitrogen and oxygen atoms in total. The Hall–Kier alpha value is -1.86. The second kappa shape index (κ2) is 5.85. The van der Waals surface area contributed by atoms with Gasteiger partial charge in [-0.2, -0.15) is 0 Å². The van der Waals surface area contributed by atoms with E-state index in [0.717, 1.165) is 18.2 Å². The molecule has 0 heterocycles. The smallest absolute Gasteiger partial charge is 0.481 e. The Bertz CT molecular complexity index is 456. The number of rotatable bonds is 5. The molecule has 1 aromatic carbocycles. The minimum atomic E-state index is -4.93. The van der Waals surface area contributed by atoms with Crippen LogP contribution in [0.4, 0.5) is 22.0 Å². The van der Waals surface area contributed by atoms with Gasteiger partial charge in [-0.05, 0) is 30.2 Å². The van der Waals surface area contributed by atoms with Gasteiger partial charge in [-0.3, -0.25) is 4.79 Å². The highest BCUT2D eigenvalue weighted by molar-refractivity contribution is 5.67.